The zero-order chi connectivity index (χ0) is 15.3. The van der Waals surface area contributed by atoms with Crippen molar-refractivity contribution in [3.05, 3.63) is 33.3 Å². The Morgan fingerprint density at radius 2 is 2.10 bits per heavy atom. The molecule has 0 unspecified atom stereocenters. The molecule has 0 saturated carbocycles. The SMILES string of the molecule is CCCN(CC(C)(C)CN)C(=O)c1ccc(Br)c(Cl)c1. The Bertz CT molecular complexity index is 477. The van der Waals surface area contributed by atoms with Crippen LogP contribution in [0.1, 0.15) is 37.6 Å². The molecule has 0 aliphatic heterocycles. The molecule has 1 aromatic rings. The maximum absolute atomic E-state index is 12.6. The molecule has 1 amide bonds. The summed E-state index contributed by atoms with van der Waals surface area (Å²) < 4.78 is 0.792. The highest BCUT2D eigenvalue weighted by atomic mass is 79.9. The van der Waals surface area contributed by atoms with Crippen LogP contribution in [0, 0.1) is 5.41 Å². The Kier molecular flexibility index (Phi) is 6.49. The first-order valence-corrected chi connectivity index (χ1v) is 7.92. The molecule has 0 saturated heterocycles. The zero-order valence-corrected chi connectivity index (χ0v) is 14.6. The van der Waals surface area contributed by atoms with Crippen molar-refractivity contribution in [1.82, 2.24) is 4.90 Å². The summed E-state index contributed by atoms with van der Waals surface area (Å²) in [5.41, 5.74) is 6.29. The number of hydrogen-bond donors (Lipinski definition) is 1. The van der Waals surface area contributed by atoms with Crippen LogP contribution in [0.25, 0.3) is 0 Å². The molecule has 0 radical (unpaired) electrons. The molecule has 0 fully saturated rings. The van der Waals surface area contributed by atoms with E-state index in [9.17, 15) is 4.79 Å². The Hall–Kier alpha value is -0.580. The highest BCUT2D eigenvalue weighted by Gasteiger charge is 2.24. The average Bonchev–Trinajstić information content (AvgIpc) is 2.40. The number of amides is 1. The van der Waals surface area contributed by atoms with Crippen molar-refractivity contribution in [3.63, 3.8) is 0 Å². The van der Waals surface area contributed by atoms with Crippen LogP contribution >= 0.6 is 27.5 Å². The first-order chi connectivity index (χ1) is 9.30. The topological polar surface area (TPSA) is 46.3 Å². The monoisotopic (exact) mass is 360 g/mol. The Morgan fingerprint density at radius 3 is 2.60 bits per heavy atom. The van der Waals surface area contributed by atoms with Gasteiger partial charge in [-0.2, -0.15) is 0 Å². The van der Waals surface area contributed by atoms with E-state index in [2.05, 4.69) is 36.7 Å². The lowest BCUT2D eigenvalue weighted by Crippen LogP contribution is -2.42. The van der Waals surface area contributed by atoms with Crippen molar-refractivity contribution < 1.29 is 4.79 Å². The van der Waals surface area contributed by atoms with Crippen molar-refractivity contribution in [2.45, 2.75) is 27.2 Å². The second kappa shape index (κ2) is 7.43. The molecule has 0 spiro atoms. The lowest BCUT2D eigenvalue weighted by Gasteiger charge is -2.31. The summed E-state index contributed by atoms with van der Waals surface area (Å²) in [6, 6.07) is 5.29. The minimum atomic E-state index is -0.0933. The van der Waals surface area contributed by atoms with Crippen LogP contribution < -0.4 is 5.73 Å². The van der Waals surface area contributed by atoms with Gasteiger partial charge in [0.2, 0.25) is 0 Å². The van der Waals surface area contributed by atoms with E-state index < -0.39 is 0 Å². The largest absolute Gasteiger partial charge is 0.338 e. The Balaban J connectivity index is 2.96. The standard InChI is InChI=1S/C15H22BrClN2O/c1-4-7-19(10-15(2,3)9-18)14(20)11-5-6-12(16)13(17)8-11/h5-6,8H,4,7,9-10,18H2,1-3H3. The minimum Gasteiger partial charge on any atom is -0.338 e. The second-order valence-corrected chi connectivity index (χ2v) is 6.99. The zero-order valence-electron chi connectivity index (χ0n) is 12.2. The number of hydrogen-bond acceptors (Lipinski definition) is 2. The number of nitrogens with zero attached hydrogens (tertiary/aromatic N) is 1. The van der Waals surface area contributed by atoms with Crippen molar-refractivity contribution in [1.29, 1.82) is 0 Å². The third-order valence-corrected chi connectivity index (χ3v) is 4.35. The van der Waals surface area contributed by atoms with E-state index >= 15 is 0 Å². The third-order valence-electron chi connectivity index (χ3n) is 3.12. The van der Waals surface area contributed by atoms with Gasteiger partial charge >= 0.3 is 0 Å². The molecule has 1 rings (SSSR count). The van der Waals surface area contributed by atoms with Crippen molar-refractivity contribution in [2.75, 3.05) is 19.6 Å². The maximum Gasteiger partial charge on any atom is 0.253 e. The molecule has 0 bridgehead atoms. The smallest absolute Gasteiger partial charge is 0.253 e. The highest BCUT2D eigenvalue weighted by molar-refractivity contribution is 9.10. The number of rotatable bonds is 6. The van der Waals surface area contributed by atoms with Gasteiger partial charge in [0.25, 0.3) is 5.91 Å². The van der Waals surface area contributed by atoms with Gasteiger partial charge in [-0.25, -0.2) is 0 Å². The van der Waals surface area contributed by atoms with Gasteiger partial charge in [0.05, 0.1) is 5.02 Å². The summed E-state index contributed by atoms with van der Waals surface area (Å²) in [6.07, 6.45) is 0.913. The van der Waals surface area contributed by atoms with Gasteiger partial charge in [0, 0.05) is 23.1 Å². The van der Waals surface area contributed by atoms with E-state index in [1.54, 1.807) is 18.2 Å². The molecule has 0 aromatic heterocycles. The summed E-state index contributed by atoms with van der Waals surface area (Å²) >= 11 is 9.40. The molecule has 0 aliphatic rings. The van der Waals surface area contributed by atoms with Gasteiger partial charge in [-0.1, -0.05) is 32.4 Å². The third kappa shape index (κ3) is 4.76. The van der Waals surface area contributed by atoms with E-state index in [1.165, 1.54) is 0 Å². The summed E-state index contributed by atoms with van der Waals surface area (Å²) in [4.78, 5) is 14.5. The van der Waals surface area contributed by atoms with Crippen molar-refractivity contribution >= 4 is 33.4 Å². The molecular weight excluding hydrogens is 340 g/mol. The number of halogens is 2. The molecular formula is C15H22BrClN2O. The Labute approximate surface area is 134 Å². The molecule has 0 atom stereocenters. The summed E-state index contributed by atoms with van der Waals surface area (Å²) in [7, 11) is 0. The van der Waals surface area contributed by atoms with E-state index in [0.29, 0.717) is 23.7 Å². The second-order valence-electron chi connectivity index (χ2n) is 5.72. The van der Waals surface area contributed by atoms with Crippen LogP contribution in [0.5, 0.6) is 0 Å². The first kappa shape index (κ1) is 17.5. The van der Waals surface area contributed by atoms with E-state index in [1.807, 2.05) is 4.90 Å². The molecule has 1 aromatic carbocycles. The van der Waals surface area contributed by atoms with Gasteiger partial charge in [-0.15, -0.1) is 0 Å². The van der Waals surface area contributed by atoms with Crippen LogP contribution in [0.3, 0.4) is 0 Å². The fourth-order valence-electron chi connectivity index (χ4n) is 1.92. The lowest BCUT2D eigenvalue weighted by atomic mass is 9.92. The number of nitrogens with two attached hydrogens (primary N) is 1. The summed E-state index contributed by atoms with van der Waals surface area (Å²) in [5, 5.41) is 0.547. The van der Waals surface area contributed by atoms with Gasteiger partial charge in [-0.05, 0) is 52.5 Å². The summed E-state index contributed by atoms with van der Waals surface area (Å²) in [6.45, 7) is 8.10. The molecule has 3 nitrogen and oxygen atoms in total. The van der Waals surface area contributed by atoms with Gasteiger partial charge in [-0.3, -0.25) is 4.79 Å². The van der Waals surface area contributed by atoms with Crippen LogP contribution in [-0.2, 0) is 0 Å². The van der Waals surface area contributed by atoms with Crippen LogP contribution in [0.2, 0.25) is 5.02 Å². The van der Waals surface area contributed by atoms with Crippen LogP contribution in [0.4, 0.5) is 0 Å². The van der Waals surface area contributed by atoms with Crippen LogP contribution in [0.15, 0.2) is 22.7 Å². The van der Waals surface area contributed by atoms with Gasteiger partial charge in [0.1, 0.15) is 0 Å². The fraction of sp³-hybridized carbons (Fsp3) is 0.533. The fourth-order valence-corrected chi connectivity index (χ4v) is 2.34. The lowest BCUT2D eigenvalue weighted by molar-refractivity contribution is 0.0689. The van der Waals surface area contributed by atoms with Crippen molar-refractivity contribution in [2.24, 2.45) is 11.1 Å². The summed E-state index contributed by atoms with van der Waals surface area (Å²) in [5.74, 6) is 0.00257. The van der Waals surface area contributed by atoms with E-state index in [0.717, 1.165) is 17.4 Å². The number of carbonyl (C=O) groups excluding carboxylic acids is 1. The van der Waals surface area contributed by atoms with Crippen molar-refractivity contribution in [3.8, 4) is 0 Å². The predicted molar refractivity (Wildman–Crippen MR) is 88.2 cm³/mol. The number of benzene rings is 1. The number of carbonyl (C=O) groups is 1. The molecule has 0 heterocycles. The molecule has 2 N–H and O–H groups in total. The minimum absolute atomic E-state index is 0.00257. The normalized spacial score (nSPS) is 11.5. The molecule has 112 valence electrons. The van der Waals surface area contributed by atoms with Crippen LogP contribution in [-0.4, -0.2) is 30.4 Å². The molecule has 5 heteroatoms. The molecule has 20 heavy (non-hydrogen) atoms. The average molecular weight is 362 g/mol. The predicted octanol–water partition coefficient (Wildman–Crippen LogP) is 3.94. The van der Waals surface area contributed by atoms with E-state index in [-0.39, 0.29) is 11.3 Å². The quantitative estimate of drug-likeness (QED) is 0.834. The Morgan fingerprint density at radius 1 is 1.45 bits per heavy atom. The van der Waals surface area contributed by atoms with Gasteiger partial charge in [0.15, 0.2) is 0 Å². The molecule has 0 aliphatic carbocycles. The van der Waals surface area contributed by atoms with Gasteiger partial charge < -0.3 is 10.6 Å². The maximum atomic E-state index is 12.6. The highest BCUT2D eigenvalue weighted by Crippen LogP contribution is 2.24. The first-order valence-electron chi connectivity index (χ1n) is 6.75. The van der Waals surface area contributed by atoms with E-state index in [4.69, 9.17) is 17.3 Å².